The van der Waals surface area contributed by atoms with Gasteiger partial charge >= 0.3 is 6.18 Å². The Morgan fingerprint density at radius 2 is 1.77 bits per heavy atom. The molecule has 2 rings (SSSR count). The van der Waals surface area contributed by atoms with Crippen molar-refractivity contribution in [1.82, 2.24) is 9.88 Å². The highest BCUT2D eigenvalue weighted by Gasteiger charge is 2.29. The van der Waals surface area contributed by atoms with E-state index >= 15 is 0 Å². The van der Waals surface area contributed by atoms with E-state index in [-0.39, 0.29) is 0 Å². The summed E-state index contributed by atoms with van der Waals surface area (Å²) in [6.45, 7) is 1.53. The van der Waals surface area contributed by atoms with Crippen LogP contribution in [0.5, 0.6) is 0 Å². The van der Waals surface area contributed by atoms with Crippen molar-refractivity contribution in [2.45, 2.75) is 25.6 Å². The second-order valence-corrected chi connectivity index (χ2v) is 5.40. The highest BCUT2D eigenvalue weighted by molar-refractivity contribution is 5.24. The number of nitrogens with zero attached hydrogens (tertiary/aromatic N) is 2. The molecule has 0 spiro atoms. The topological polar surface area (TPSA) is 16.1 Å². The summed E-state index contributed by atoms with van der Waals surface area (Å²) < 4.78 is 37.5. The van der Waals surface area contributed by atoms with Gasteiger partial charge < -0.3 is 4.90 Å². The van der Waals surface area contributed by atoms with Gasteiger partial charge in [-0.25, -0.2) is 0 Å². The van der Waals surface area contributed by atoms with Gasteiger partial charge in [0.15, 0.2) is 0 Å². The Morgan fingerprint density at radius 3 is 2.36 bits per heavy atom. The summed E-state index contributed by atoms with van der Waals surface area (Å²) in [6.07, 6.45) is 1.28. The largest absolute Gasteiger partial charge is 0.416 e. The third-order valence-corrected chi connectivity index (χ3v) is 3.46. The lowest BCUT2D eigenvalue weighted by atomic mass is 10.1. The van der Waals surface area contributed by atoms with E-state index < -0.39 is 11.7 Å². The highest BCUT2D eigenvalue weighted by Crippen LogP contribution is 2.29. The van der Waals surface area contributed by atoms with Gasteiger partial charge in [-0.2, -0.15) is 13.2 Å². The van der Waals surface area contributed by atoms with Gasteiger partial charge in [0.25, 0.3) is 0 Å². The Morgan fingerprint density at radius 1 is 1.05 bits per heavy atom. The van der Waals surface area contributed by atoms with Crippen LogP contribution in [0.4, 0.5) is 13.2 Å². The zero-order valence-corrected chi connectivity index (χ0v) is 12.5. The SMILES string of the molecule is CN(CCCc1cccnc1)Cc1ccc(C(F)(F)F)cc1. The average molecular weight is 308 g/mol. The minimum absolute atomic E-state index is 0.601. The minimum atomic E-state index is -4.27. The summed E-state index contributed by atoms with van der Waals surface area (Å²) in [4.78, 5) is 6.18. The molecule has 2 aromatic rings. The number of alkyl halides is 3. The molecular weight excluding hydrogens is 289 g/mol. The molecule has 0 aliphatic carbocycles. The molecule has 0 atom stereocenters. The van der Waals surface area contributed by atoms with Gasteiger partial charge in [0, 0.05) is 18.9 Å². The molecule has 1 aromatic heterocycles. The number of aromatic nitrogens is 1. The van der Waals surface area contributed by atoms with Gasteiger partial charge in [0.1, 0.15) is 0 Å². The van der Waals surface area contributed by atoms with Crippen molar-refractivity contribution in [3.05, 3.63) is 65.5 Å². The lowest BCUT2D eigenvalue weighted by Crippen LogP contribution is -2.19. The molecule has 22 heavy (non-hydrogen) atoms. The van der Waals surface area contributed by atoms with Crippen LogP contribution >= 0.6 is 0 Å². The quantitative estimate of drug-likeness (QED) is 0.796. The predicted molar refractivity (Wildman–Crippen MR) is 80.3 cm³/mol. The maximum Gasteiger partial charge on any atom is 0.416 e. The fourth-order valence-electron chi connectivity index (χ4n) is 2.29. The van der Waals surface area contributed by atoms with E-state index in [0.717, 1.165) is 37.1 Å². The van der Waals surface area contributed by atoms with Crippen LogP contribution < -0.4 is 0 Å². The van der Waals surface area contributed by atoms with Crippen LogP contribution in [0.1, 0.15) is 23.1 Å². The molecule has 2 nitrogen and oxygen atoms in total. The molecular formula is C17H19F3N2. The Balaban J connectivity index is 1.78. The van der Waals surface area contributed by atoms with E-state index in [2.05, 4.69) is 9.88 Å². The summed E-state index contributed by atoms with van der Waals surface area (Å²) in [6, 6.07) is 9.32. The average Bonchev–Trinajstić information content (AvgIpc) is 2.48. The molecule has 0 amide bonds. The van der Waals surface area contributed by atoms with Crippen molar-refractivity contribution >= 4 is 0 Å². The van der Waals surface area contributed by atoms with Gasteiger partial charge in [-0.1, -0.05) is 18.2 Å². The molecule has 0 radical (unpaired) electrons. The Kier molecular flexibility index (Phi) is 5.55. The first-order valence-electron chi connectivity index (χ1n) is 7.19. The van der Waals surface area contributed by atoms with Crippen LogP contribution in [0.15, 0.2) is 48.8 Å². The number of pyridine rings is 1. The molecule has 118 valence electrons. The first-order chi connectivity index (χ1) is 10.4. The van der Waals surface area contributed by atoms with Crippen LogP contribution in [0.3, 0.4) is 0 Å². The molecule has 0 aliphatic rings. The van der Waals surface area contributed by atoms with Crippen LogP contribution in [0.25, 0.3) is 0 Å². The molecule has 0 fully saturated rings. The van der Waals surface area contributed by atoms with E-state index in [0.29, 0.717) is 6.54 Å². The number of benzene rings is 1. The van der Waals surface area contributed by atoms with Crippen molar-refractivity contribution in [2.24, 2.45) is 0 Å². The third-order valence-electron chi connectivity index (χ3n) is 3.46. The first kappa shape index (κ1) is 16.5. The van der Waals surface area contributed by atoms with E-state index in [1.54, 1.807) is 18.3 Å². The molecule has 0 N–H and O–H groups in total. The van der Waals surface area contributed by atoms with Gasteiger partial charge in [0.05, 0.1) is 5.56 Å². The lowest BCUT2D eigenvalue weighted by molar-refractivity contribution is -0.137. The van der Waals surface area contributed by atoms with E-state index in [1.807, 2.05) is 25.4 Å². The van der Waals surface area contributed by atoms with E-state index in [1.165, 1.54) is 5.56 Å². The summed E-state index contributed by atoms with van der Waals surface area (Å²) in [5, 5.41) is 0. The van der Waals surface area contributed by atoms with Gasteiger partial charge in [-0.3, -0.25) is 4.98 Å². The maximum atomic E-state index is 12.5. The summed E-state index contributed by atoms with van der Waals surface area (Å²) >= 11 is 0. The van der Waals surface area contributed by atoms with Crippen molar-refractivity contribution in [2.75, 3.05) is 13.6 Å². The van der Waals surface area contributed by atoms with E-state index in [4.69, 9.17) is 0 Å². The Bertz CT molecular complexity index is 565. The lowest BCUT2D eigenvalue weighted by Gasteiger charge is -2.17. The van der Waals surface area contributed by atoms with Gasteiger partial charge in [-0.15, -0.1) is 0 Å². The zero-order chi connectivity index (χ0) is 16.0. The number of aryl methyl sites for hydroxylation is 1. The fraction of sp³-hybridized carbons (Fsp3) is 0.353. The third kappa shape index (κ3) is 5.15. The van der Waals surface area contributed by atoms with Crippen LogP contribution in [0.2, 0.25) is 0 Å². The van der Waals surface area contributed by atoms with Crippen molar-refractivity contribution in [1.29, 1.82) is 0 Å². The molecule has 0 saturated carbocycles. The molecule has 1 aromatic carbocycles. The van der Waals surface area contributed by atoms with E-state index in [9.17, 15) is 13.2 Å². The Labute approximate surface area is 128 Å². The van der Waals surface area contributed by atoms with Crippen LogP contribution in [-0.4, -0.2) is 23.5 Å². The smallest absolute Gasteiger partial charge is 0.302 e. The maximum absolute atomic E-state index is 12.5. The molecule has 0 unspecified atom stereocenters. The predicted octanol–water partition coefficient (Wildman–Crippen LogP) is 4.17. The second kappa shape index (κ2) is 7.40. The fourth-order valence-corrected chi connectivity index (χ4v) is 2.29. The highest BCUT2D eigenvalue weighted by atomic mass is 19.4. The normalized spacial score (nSPS) is 11.9. The van der Waals surface area contributed by atoms with Crippen LogP contribution in [-0.2, 0) is 19.1 Å². The minimum Gasteiger partial charge on any atom is -0.302 e. The standard InChI is InChI=1S/C17H19F3N2/c1-22(11-3-5-14-4-2-10-21-12-14)13-15-6-8-16(9-7-15)17(18,19)20/h2,4,6-10,12H,3,5,11,13H2,1H3. The first-order valence-corrected chi connectivity index (χ1v) is 7.19. The monoisotopic (exact) mass is 308 g/mol. The molecule has 5 heteroatoms. The summed E-state index contributed by atoms with van der Waals surface area (Å²) in [7, 11) is 1.97. The van der Waals surface area contributed by atoms with Crippen molar-refractivity contribution in [3.8, 4) is 0 Å². The van der Waals surface area contributed by atoms with Crippen molar-refractivity contribution < 1.29 is 13.2 Å². The zero-order valence-electron chi connectivity index (χ0n) is 12.5. The van der Waals surface area contributed by atoms with Crippen molar-refractivity contribution in [3.63, 3.8) is 0 Å². The number of rotatable bonds is 6. The number of hydrogen-bond acceptors (Lipinski definition) is 2. The van der Waals surface area contributed by atoms with Gasteiger partial charge in [0.2, 0.25) is 0 Å². The summed E-state index contributed by atoms with van der Waals surface area (Å²) in [5.74, 6) is 0. The van der Waals surface area contributed by atoms with Gasteiger partial charge in [-0.05, 0) is 55.8 Å². The second-order valence-electron chi connectivity index (χ2n) is 5.40. The number of halogens is 3. The molecule has 0 bridgehead atoms. The molecule has 0 saturated heterocycles. The number of hydrogen-bond donors (Lipinski definition) is 0. The van der Waals surface area contributed by atoms with Crippen LogP contribution in [0, 0.1) is 0 Å². The molecule has 1 heterocycles. The summed E-state index contributed by atoms with van der Waals surface area (Å²) in [5.41, 5.74) is 1.48. The molecule has 0 aliphatic heterocycles. The Hall–Kier alpha value is -1.88.